The first kappa shape index (κ1) is 30.7. The van der Waals surface area contributed by atoms with Crippen molar-refractivity contribution in [2.24, 2.45) is 0 Å². The van der Waals surface area contributed by atoms with Gasteiger partial charge in [-0.2, -0.15) is 0 Å². The second-order valence-corrected chi connectivity index (χ2v) is 14.1. The highest BCUT2D eigenvalue weighted by Crippen LogP contribution is 2.52. The van der Waals surface area contributed by atoms with Crippen LogP contribution in [-0.2, 0) is 12.8 Å². The summed E-state index contributed by atoms with van der Waals surface area (Å²) in [5.41, 5.74) is 18.6. The first-order valence-corrected chi connectivity index (χ1v) is 18.7. The molecule has 8 aromatic rings. The van der Waals surface area contributed by atoms with Gasteiger partial charge in [0.05, 0.1) is 0 Å². The molecule has 0 aromatic heterocycles. The molecule has 0 unspecified atom stereocenters. The zero-order valence-corrected chi connectivity index (χ0v) is 29.7. The van der Waals surface area contributed by atoms with E-state index in [0.717, 1.165) is 25.9 Å². The largest absolute Gasteiger partial charge is 0.341 e. The van der Waals surface area contributed by atoms with Gasteiger partial charge in [0.2, 0.25) is 0 Å². The van der Waals surface area contributed by atoms with Crippen LogP contribution in [0.15, 0.2) is 158 Å². The monoisotopic (exact) mass is 668 g/mol. The summed E-state index contributed by atoms with van der Waals surface area (Å²) >= 11 is 0. The molecule has 2 nitrogen and oxygen atoms in total. The van der Waals surface area contributed by atoms with Gasteiger partial charge in [0.1, 0.15) is 0 Å². The van der Waals surface area contributed by atoms with Crippen LogP contribution in [0.4, 0.5) is 22.7 Å². The number of hydrogen-bond donors (Lipinski definition) is 0. The Bertz CT molecular complexity index is 2500. The maximum atomic E-state index is 2.57. The van der Waals surface area contributed by atoms with Crippen molar-refractivity contribution in [2.45, 2.75) is 26.7 Å². The summed E-state index contributed by atoms with van der Waals surface area (Å²) in [6.45, 7) is 6.27. The molecule has 0 spiro atoms. The Kier molecular flexibility index (Phi) is 7.25. The number of benzene rings is 8. The average Bonchev–Trinajstić information content (AvgIpc) is 3.78. The number of fused-ring (bicyclic) bond motifs is 8. The Balaban J connectivity index is 1.27. The maximum absolute atomic E-state index is 2.57. The summed E-state index contributed by atoms with van der Waals surface area (Å²) in [6.07, 6.45) is 1.95. The SMILES string of the molecule is CCN(c1cccc2c1-c1ccccc1C2)c1ccc2ccccc2c1-c1c(N(CC)c2cccc3c2-c2ccccc2C3)ccc2ccccc12. The molecule has 0 fully saturated rings. The third-order valence-corrected chi connectivity index (χ3v) is 11.5. The van der Waals surface area contributed by atoms with E-state index in [2.05, 4.69) is 181 Å². The van der Waals surface area contributed by atoms with E-state index >= 15 is 0 Å². The van der Waals surface area contributed by atoms with Crippen LogP contribution in [0.25, 0.3) is 54.9 Å². The van der Waals surface area contributed by atoms with Crippen LogP contribution in [0.2, 0.25) is 0 Å². The fourth-order valence-electron chi connectivity index (χ4n) is 9.22. The summed E-state index contributed by atoms with van der Waals surface area (Å²) in [7, 11) is 0. The Labute approximate surface area is 306 Å². The van der Waals surface area contributed by atoms with Crippen LogP contribution in [0, 0.1) is 0 Å². The lowest BCUT2D eigenvalue weighted by Crippen LogP contribution is -2.20. The molecule has 52 heavy (non-hydrogen) atoms. The van der Waals surface area contributed by atoms with E-state index in [9.17, 15) is 0 Å². The average molecular weight is 669 g/mol. The third-order valence-electron chi connectivity index (χ3n) is 11.5. The van der Waals surface area contributed by atoms with Gasteiger partial charge in [0, 0.05) is 58.1 Å². The summed E-state index contributed by atoms with van der Waals surface area (Å²) < 4.78 is 0. The zero-order valence-electron chi connectivity index (χ0n) is 29.7. The first-order valence-electron chi connectivity index (χ1n) is 18.7. The lowest BCUT2D eigenvalue weighted by Gasteiger charge is -2.33. The van der Waals surface area contributed by atoms with Gasteiger partial charge in [-0.1, -0.05) is 133 Å². The van der Waals surface area contributed by atoms with Crippen LogP contribution in [0.1, 0.15) is 36.1 Å². The van der Waals surface area contributed by atoms with Gasteiger partial charge < -0.3 is 9.80 Å². The van der Waals surface area contributed by atoms with E-state index in [-0.39, 0.29) is 0 Å². The second-order valence-electron chi connectivity index (χ2n) is 14.1. The van der Waals surface area contributed by atoms with Gasteiger partial charge in [-0.3, -0.25) is 0 Å². The molecule has 0 atom stereocenters. The van der Waals surface area contributed by atoms with Crippen molar-refractivity contribution in [1.82, 2.24) is 0 Å². The van der Waals surface area contributed by atoms with Gasteiger partial charge in [-0.05, 0) is 106 Å². The van der Waals surface area contributed by atoms with Crippen molar-refractivity contribution >= 4 is 44.3 Å². The minimum absolute atomic E-state index is 0.838. The molecule has 2 aliphatic carbocycles. The Hall–Kier alpha value is -6.12. The molecule has 0 amide bonds. The van der Waals surface area contributed by atoms with Crippen molar-refractivity contribution in [2.75, 3.05) is 22.9 Å². The van der Waals surface area contributed by atoms with E-state index in [1.165, 1.54) is 99.9 Å². The molecule has 0 saturated heterocycles. The standard InChI is InChI=1S/C50H40N2/c1-3-51(43-25-13-19-37-31-35-17-7-11-23-41(35)47(37)43)45-29-27-33-15-5-9-21-39(33)49(45)50-40-22-10-6-16-34(40)28-30-46(50)52(4-2)44-26-14-20-38-32-36-18-8-12-24-42(36)48(38)44/h5-30H,3-4,31-32H2,1-2H3. The van der Waals surface area contributed by atoms with E-state index < -0.39 is 0 Å². The molecule has 0 N–H and O–H groups in total. The first-order chi connectivity index (χ1) is 25.7. The number of nitrogens with zero attached hydrogens (tertiary/aromatic N) is 2. The Morgan fingerprint density at radius 2 is 0.731 bits per heavy atom. The molecule has 0 aliphatic heterocycles. The minimum Gasteiger partial charge on any atom is -0.341 e. The molecule has 0 radical (unpaired) electrons. The molecular formula is C50H40N2. The lowest BCUT2D eigenvalue weighted by atomic mass is 9.89. The zero-order chi connectivity index (χ0) is 34.8. The van der Waals surface area contributed by atoms with Gasteiger partial charge in [-0.25, -0.2) is 0 Å². The van der Waals surface area contributed by atoms with E-state index in [0.29, 0.717) is 0 Å². The van der Waals surface area contributed by atoms with Crippen molar-refractivity contribution in [1.29, 1.82) is 0 Å². The van der Waals surface area contributed by atoms with Crippen LogP contribution >= 0.6 is 0 Å². The van der Waals surface area contributed by atoms with E-state index in [1.807, 2.05) is 0 Å². The summed E-state index contributed by atoms with van der Waals surface area (Å²) in [5, 5.41) is 5.03. The van der Waals surface area contributed by atoms with Crippen LogP contribution < -0.4 is 9.80 Å². The normalized spacial score (nSPS) is 12.4. The fraction of sp³-hybridized carbons (Fsp3) is 0.120. The minimum atomic E-state index is 0.838. The Morgan fingerprint density at radius 3 is 1.19 bits per heavy atom. The van der Waals surface area contributed by atoms with Crippen LogP contribution in [0.3, 0.4) is 0 Å². The maximum Gasteiger partial charge on any atom is 0.0498 e. The number of rotatable bonds is 7. The third kappa shape index (κ3) is 4.64. The molecule has 0 saturated carbocycles. The highest BCUT2D eigenvalue weighted by molar-refractivity contribution is 6.15. The fourth-order valence-corrected chi connectivity index (χ4v) is 9.22. The van der Waals surface area contributed by atoms with E-state index in [1.54, 1.807) is 0 Å². The second kappa shape index (κ2) is 12.3. The van der Waals surface area contributed by atoms with Crippen molar-refractivity contribution in [3.63, 3.8) is 0 Å². The summed E-state index contributed by atoms with van der Waals surface area (Å²) in [5.74, 6) is 0. The quantitative estimate of drug-likeness (QED) is 0.167. The molecule has 2 heteroatoms. The van der Waals surface area contributed by atoms with Crippen LogP contribution in [0.5, 0.6) is 0 Å². The van der Waals surface area contributed by atoms with E-state index in [4.69, 9.17) is 0 Å². The smallest absolute Gasteiger partial charge is 0.0498 e. The van der Waals surface area contributed by atoms with Gasteiger partial charge in [0.25, 0.3) is 0 Å². The predicted molar refractivity (Wildman–Crippen MR) is 222 cm³/mol. The molecule has 2 aliphatic rings. The van der Waals surface area contributed by atoms with Crippen molar-refractivity contribution in [3.8, 4) is 33.4 Å². The number of anilines is 4. The van der Waals surface area contributed by atoms with Crippen LogP contribution in [-0.4, -0.2) is 13.1 Å². The van der Waals surface area contributed by atoms with Gasteiger partial charge >= 0.3 is 0 Å². The molecule has 0 bridgehead atoms. The Morgan fingerprint density at radius 1 is 0.346 bits per heavy atom. The molecule has 250 valence electrons. The molecule has 8 aromatic carbocycles. The van der Waals surface area contributed by atoms with Gasteiger partial charge in [-0.15, -0.1) is 0 Å². The lowest BCUT2D eigenvalue weighted by molar-refractivity contribution is 1.02. The molecule has 10 rings (SSSR count). The molecule has 0 heterocycles. The van der Waals surface area contributed by atoms with Crippen molar-refractivity contribution < 1.29 is 0 Å². The topological polar surface area (TPSA) is 6.48 Å². The van der Waals surface area contributed by atoms with Gasteiger partial charge in [0.15, 0.2) is 0 Å². The number of hydrogen-bond acceptors (Lipinski definition) is 2. The summed E-state index contributed by atoms with van der Waals surface area (Å²) in [4.78, 5) is 5.14. The molecular weight excluding hydrogens is 629 g/mol. The highest BCUT2D eigenvalue weighted by atomic mass is 15.1. The highest BCUT2D eigenvalue weighted by Gasteiger charge is 2.29. The summed E-state index contributed by atoms with van der Waals surface area (Å²) in [6, 6.07) is 59.0. The van der Waals surface area contributed by atoms with Crippen molar-refractivity contribution in [3.05, 3.63) is 180 Å². The predicted octanol–water partition coefficient (Wildman–Crippen LogP) is 13.1.